The van der Waals surface area contributed by atoms with Gasteiger partial charge in [0.1, 0.15) is 6.29 Å². The third kappa shape index (κ3) is 6.35. The maximum absolute atomic E-state index is 11.3. The minimum Gasteiger partial charge on any atom is -0.330 e. The van der Waals surface area contributed by atoms with Gasteiger partial charge in [-0.25, -0.2) is 0 Å². The molecule has 0 bridgehead atoms. The Kier molecular flexibility index (Phi) is 8.42. The Morgan fingerprint density at radius 3 is 2.45 bits per heavy atom. The maximum atomic E-state index is 11.3. The predicted octanol–water partition coefficient (Wildman–Crippen LogP) is 2.32. The van der Waals surface area contributed by atoms with Crippen molar-refractivity contribution in [1.82, 2.24) is 10.2 Å². The van der Waals surface area contributed by atoms with Crippen LogP contribution in [0, 0.1) is 5.92 Å². The van der Waals surface area contributed by atoms with Gasteiger partial charge in [-0.15, -0.1) is 0 Å². The van der Waals surface area contributed by atoms with Crippen LogP contribution in [0.25, 0.3) is 0 Å². The first-order chi connectivity index (χ1) is 10.8. The lowest BCUT2D eigenvalue weighted by Gasteiger charge is -2.30. The molecule has 0 unspecified atom stereocenters. The molecule has 2 aliphatic rings. The van der Waals surface area contributed by atoms with E-state index in [9.17, 15) is 4.79 Å². The zero-order chi connectivity index (χ0) is 15.6. The quantitative estimate of drug-likeness (QED) is 0.507. The van der Waals surface area contributed by atoms with Crippen LogP contribution in [-0.4, -0.2) is 49.4 Å². The van der Waals surface area contributed by atoms with Crippen LogP contribution in [-0.2, 0) is 4.79 Å². The SMILES string of the molecule is NCC1CCC(N[C@@H](C=O)CCCCN2CCCCC2)CC1. The van der Waals surface area contributed by atoms with Crippen molar-refractivity contribution in [3.05, 3.63) is 0 Å². The van der Waals surface area contributed by atoms with Crippen molar-refractivity contribution in [2.45, 2.75) is 76.3 Å². The van der Waals surface area contributed by atoms with Crippen LogP contribution in [0.3, 0.4) is 0 Å². The molecule has 0 aromatic heterocycles. The van der Waals surface area contributed by atoms with Gasteiger partial charge < -0.3 is 20.7 Å². The summed E-state index contributed by atoms with van der Waals surface area (Å²) < 4.78 is 0. The first-order valence-electron chi connectivity index (χ1n) is 9.45. The van der Waals surface area contributed by atoms with Gasteiger partial charge in [0.25, 0.3) is 0 Å². The van der Waals surface area contributed by atoms with Gasteiger partial charge in [-0.1, -0.05) is 12.8 Å². The van der Waals surface area contributed by atoms with E-state index in [0.717, 1.165) is 25.7 Å². The maximum Gasteiger partial charge on any atom is 0.136 e. The second-order valence-electron chi connectivity index (χ2n) is 7.26. The van der Waals surface area contributed by atoms with Crippen molar-refractivity contribution in [3.63, 3.8) is 0 Å². The predicted molar refractivity (Wildman–Crippen MR) is 91.9 cm³/mol. The average molecular weight is 309 g/mol. The summed E-state index contributed by atoms with van der Waals surface area (Å²) in [4.78, 5) is 13.9. The van der Waals surface area contributed by atoms with Crippen LogP contribution in [0.5, 0.6) is 0 Å². The second kappa shape index (κ2) is 10.3. The first kappa shape index (κ1) is 17.9. The molecule has 1 saturated heterocycles. The summed E-state index contributed by atoms with van der Waals surface area (Å²) in [5.74, 6) is 0.706. The third-order valence-corrected chi connectivity index (χ3v) is 5.48. The van der Waals surface area contributed by atoms with Gasteiger partial charge >= 0.3 is 0 Å². The molecule has 2 rings (SSSR count). The minimum absolute atomic E-state index is 0.0563. The number of hydrogen-bond donors (Lipinski definition) is 2. The van der Waals surface area contributed by atoms with Crippen molar-refractivity contribution >= 4 is 6.29 Å². The highest BCUT2D eigenvalue weighted by atomic mass is 16.1. The molecule has 2 fully saturated rings. The van der Waals surface area contributed by atoms with E-state index in [1.807, 2.05) is 0 Å². The van der Waals surface area contributed by atoms with E-state index in [0.29, 0.717) is 12.0 Å². The van der Waals surface area contributed by atoms with E-state index in [1.54, 1.807) is 0 Å². The van der Waals surface area contributed by atoms with E-state index >= 15 is 0 Å². The number of carbonyl (C=O) groups is 1. The van der Waals surface area contributed by atoms with E-state index in [4.69, 9.17) is 5.73 Å². The Balaban J connectivity index is 1.55. The Labute approximate surface area is 136 Å². The van der Waals surface area contributed by atoms with Crippen LogP contribution < -0.4 is 11.1 Å². The smallest absolute Gasteiger partial charge is 0.136 e. The summed E-state index contributed by atoms with van der Waals surface area (Å²) in [6, 6.07) is 0.584. The number of hydrogen-bond acceptors (Lipinski definition) is 4. The molecule has 3 N–H and O–H groups in total. The van der Waals surface area contributed by atoms with Crippen molar-refractivity contribution in [2.24, 2.45) is 11.7 Å². The van der Waals surface area contributed by atoms with Crippen molar-refractivity contribution in [1.29, 1.82) is 0 Å². The highest BCUT2D eigenvalue weighted by molar-refractivity contribution is 5.57. The Morgan fingerprint density at radius 2 is 1.82 bits per heavy atom. The van der Waals surface area contributed by atoms with Gasteiger partial charge in [-0.3, -0.25) is 0 Å². The molecule has 0 spiro atoms. The molecule has 0 aromatic rings. The summed E-state index contributed by atoms with van der Waals surface area (Å²) in [5, 5.41) is 3.57. The summed E-state index contributed by atoms with van der Waals surface area (Å²) >= 11 is 0. The molecule has 4 heteroatoms. The van der Waals surface area contributed by atoms with Gasteiger partial charge in [0.05, 0.1) is 6.04 Å². The molecular formula is C18H35N3O. The Hall–Kier alpha value is -0.450. The number of nitrogens with one attached hydrogen (secondary N) is 1. The summed E-state index contributed by atoms with van der Waals surface area (Å²) in [6.45, 7) is 4.59. The Morgan fingerprint density at radius 1 is 1.09 bits per heavy atom. The van der Waals surface area contributed by atoms with Crippen molar-refractivity contribution in [3.8, 4) is 0 Å². The van der Waals surface area contributed by atoms with Crippen LogP contribution in [0.1, 0.15) is 64.2 Å². The van der Waals surface area contributed by atoms with E-state index in [1.165, 1.54) is 71.0 Å². The van der Waals surface area contributed by atoms with Crippen LogP contribution in [0.15, 0.2) is 0 Å². The van der Waals surface area contributed by atoms with E-state index < -0.39 is 0 Å². The summed E-state index contributed by atoms with van der Waals surface area (Å²) in [7, 11) is 0. The minimum atomic E-state index is 0.0563. The van der Waals surface area contributed by atoms with Crippen LogP contribution in [0.2, 0.25) is 0 Å². The first-order valence-corrected chi connectivity index (χ1v) is 9.45. The largest absolute Gasteiger partial charge is 0.330 e. The number of rotatable bonds is 9. The number of piperidine rings is 1. The molecule has 128 valence electrons. The molecule has 0 aromatic carbocycles. The van der Waals surface area contributed by atoms with Crippen LogP contribution >= 0.6 is 0 Å². The zero-order valence-corrected chi connectivity index (χ0v) is 14.1. The monoisotopic (exact) mass is 309 g/mol. The van der Waals surface area contributed by atoms with Gasteiger partial charge in [0.15, 0.2) is 0 Å². The molecule has 0 amide bonds. The topological polar surface area (TPSA) is 58.4 Å². The molecule has 1 heterocycles. The fraction of sp³-hybridized carbons (Fsp3) is 0.944. The molecule has 1 aliphatic carbocycles. The summed E-state index contributed by atoms with van der Waals surface area (Å²) in [6.07, 6.45) is 13.4. The normalized spacial score (nSPS) is 28.4. The van der Waals surface area contributed by atoms with Gasteiger partial charge in [0, 0.05) is 6.04 Å². The zero-order valence-electron chi connectivity index (χ0n) is 14.1. The molecule has 1 atom stereocenters. The lowest BCUT2D eigenvalue weighted by Crippen LogP contribution is -2.42. The number of aldehydes is 1. The fourth-order valence-electron chi connectivity index (χ4n) is 3.94. The number of likely N-dealkylation sites (tertiary alicyclic amines) is 1. The number of unbranched alkanes of at least 4 members (excludes halogenated alkanes) is 1. The molecular weight excluding hydrogens is 274 g/mol. The lowest BCUT2D eigenvalue weighted by atomic mass is 9.86. The molecule has 1 aliphatic heterocycles. The fourth-order valence-corrected chi connectivity index (χ4v) is 3.94. The van der Waals surface area contributed by atoms with Gasteiger partial charge in [-0.05, 0) is 83.5 Å². The van der Waals surface area contributed by atoms with Crippen molar-refractivity contribution < 1.29 is 4.79 Å². The molecule has 1 saturated carbocycles. The molecule has 4 nitrogen and oxygen atoms in total. The standard InChI is InChI=1S/C18H35N3O/c19-14-16-7-9-17(10-8-16)20-18(15-22)6-2-5-13-21-11-3-1-4-12-21/h15-18,20H,1-14,19H2/t16?,17?,18-/m1/s1. The van der Waals surface area contributed by atoms with Crippen LogP contribution in [0.4, 0.5) is 0 Å². The molecule has 22 heavy (non-hydrogen) atoms. The highest BCUT2D eigenvalue weighted by Crippen LogP contribution is 2.23. The van der Waals surface area contributed by atoms with Gasteiger partial charge in [-0.2, -0.15) is 0 Å². The molecule has 0 radical (unpaired) electrons. The van der Waals surface area contributed by atoms with E-state index in [2.05, 4.69) is 10.2 Å². The number of carbonyl (C=O) groups excluding carboxylic acids is 1. The number of nitrogens with two attached hydrogens (primary N) is 1. The van der Waals surface area contributed by atoms with E-state index in [-0.39, 0.29) is 6.04 Å². The summed E-state index contributed by atoms with van der Waals surface area (Å²) in [5.41, 5.74) is 5.74. The highest BCUT2D eigenvalue weighted by Gasteiger charge is 2.22. The van der Waals surface area contributed by atoms with Gasteiger partial charge in [0.2, 0.25) is 0 Å². The average Bonchev–Trinajstić information content (AvgIpc) is 2.59. The van der Waals surface area contributed by atoms with Crippen molar-refractivity contribution in [2.75, 3.05) is 26.2 Å². The lowest BCUT2D eigenvalue weighted by molar-refractivity contribution is -0.110. The number of nitrogens with zero attached hydrogens (tertiary/aromatic N) is 1. The Bertz CT molecular complexity index is 297. The third-order valence-electron chi connectivity index (χ3n) is 5.48. The second-order valence-corrected chi connectivity index (χ2v) is 7.26.